The third kappa shape index (κ3) is 4.06. The molecule has 5 nitrogen and oxygen atoms in total. The molecule has 2 N–H and O–H groups in total. The van der Waals surface area contributed by atoms with Gasteiger partial charge in [0.2, 0.25) is 5.56 Å². The van der Waals surface area contributed by atoms with Crippen LogP contribution in [-0.4, -0.2) is 43.0 Å². The van der Waals surface area contributed by atoms with Crippen LogP contribution in [0.4, 0.5) is 0 Å². The molecule has 0 spiro atoms. The fraction of sp³-hybridized carbons (Fsp3) is 0.286. The second kappa shape index (κ2) is 7.59. The Morgan fingerprint density at radius 3 is 2.76 bits per heavy atom. The maximum Gasteiger partial charge on any atom is 0.254 e. The number of H-pyrrole nitrogens is 1. The lowest BCUT2D eigenvalue weighted by Crippen LogP contribution is -2.33. The molecule has 0 radical (unpaired) electrons. The number of benzene rings is 1. The molecule has 1 aromatic heterocycles. The van der Waals surface area contributed by atoms with Crippen molar-refractivity contribution >= 4 is 45.1 Å². The molecule has 1 heterocycles. The van der Waals surface area contributed by atoms with Gasteiger partial charge in [0.1, 0.15) is 0 Å². The monoisotopic (exact) mass is 373 g/mol. The number of hydrogen-bond acceptors (Lipinski definition) is 3. The molecule has 0 saturated carbocycles. The summed E-state index contributed by atoms with van der Waals surface area (Å²) >= 11 is 3.39. The molecule has 0 unspecified atom stereocenters. The lowest BCUT2D eigenvalue weighted by Gasteiger charge is -2.17. The summed E-state index contributed by atoms with van der Waals surface area (Å²) in [6.07, 6.45) is 0. The van der Waals surface area contributed by atoms with Crippen LogP contribution in [0.25, 0.3) is 10.9 Å². The summed E-state index contributed by atoms with van der Waals surface area (Å²) in [5.41, 5.74) is 0.805. The summed E-state index contributed by atoms with van der Waals surface area (Å²) in [5.74, 6) is -0.158. The first kappa shape index (κ1) is 17.7. The molecule has 1 amide bonds. The number of nitrogens with zero attached hydrogens (tertiary/aromatic N) is 1. The molecule has 0 fully saturated rings. The van der Waals surface area contributed by atoms with Gasteiger partial charge in [-0.05, 0) is 25.2 Å². The third-order valence-electron chi connectivity index (χ3n) is 3.08. The van der Waals surface area contributed by atoms with Crippen molar-refractivity contribution in [3.8, 4) is 0 Å². The lowest BCUT2D eigenvalue weighted by atomic mass is 10.1. The van der Waals surface area contributed by atoms with Gasteiger partial charge in [0, 0.05) is 41.6 Å². The molecule has 0 aliphatic carbocycles. The Labute approximate surface area is 137 Å². The topological polar surface area (TPSA) is 65.2 Å². The molecular formula is C14H17BrClN3O2. The standard InChI is InChI=1S/C14H16BrN3O2.ClH/c1-16-5-6-18(2)14(20)11-8-13(19)17-12-4-3-9(15)7-10(11)12;/h3-4,7-8,16H,5-6H2,1-2H3,(H,17,19);1H. The fourth-order valence-electron chi connectivity index (χ4n) is 1.99. The summed E-state index contributed by atoms with van der Waals surface area (Å²) in [5, 5.41) is 3.73. The Hall–Kier alpha value is -1.37. The SMILES string of the molecule is CNCCN(C)C(=O)c1cc(=O)[nH]c2ccc(Br)cc12.Cl. The van der Waals surface area contributed by atoms with Crippen molar-refractivity contribution in [1.29, 1.82) is 0 Å². The van der Waals surface area contributed by atoms with Crippen molar-refractivity contribution in [2.24, 2.45) is 0 Å². The maximum absolute atomic E-state index is 12.5. The average Bonchev–Trinajstić information content (AvgIpc) is 2.43. The molecule has 2 rings (SSSR count). The number of halogens is 2. The van der Waals surface area contributed by atoms with Gasteiger partial charge in [0.05, 0.1) is 5.56 Å². The van der Waals surface area contributed by atoms with Crippen LogP contribution in [0, 0.1) is 0 Å². The molecule has 7 heteroatoms. The van der Waals surface area contributed by atoms with Crippen molar-refractivity contribution in [1.82, 2.24) is 15.2 Å². The molecule has 0 bridgehead atoms. The number of aromatic amines is 1. The highest BCUT2D eigenvalue weighted by Gasteiger charge is 2.15. The number of carbonyl (C=O) groups excluding carboxylic acids is 1. The molecule has 1 aromatic carbocycles. The second-order valence-electron chi connectivity index (χ2n) is 4.57. The van der Waals surface area contributed by atoms with E-state index in [1.807, 2.05) is 19.2 Å². The normalized spacial score (nSPS) is 10.2. The van der Waals surface area contributed by atoms with Crippen LogP contribution >= 0.6 is 28.3 Å². The van der Waals surface area contributed by atoms with Gasteiger partial charge < -0.3 is 15.2 Å². The van der Waals surface area contributed by atoms with E-state index in [0.29, 0.717) is 24.2 Å². The van der Waals surface area contributed by atoms with Crippen molar-refractivity contribution in [2.75, 3.05) is 27.2 Å². The molecule has 0 atom stereocenters. The number of nitrogens with one attached hydrogen (secondary N) is 2. The number of aromatic nitrogens is 1. The highest BCUT2D eigenvalue weighted by Crippen LogP contribution is 2.21. The summed E-state index contributed by atoms with van der Waals surface area (Å²) in [4.78, 5) is 28.5. The summed E-state index contributed by atoms with van der Waals surface area (Å²) in [6, 6.07) is 6.81. The number of carbonyl (C=O) groups is 1. The van der Waals surface area contributed by atoms with Crippen LogP contribution in [0.2, 0.25) is 0 Å². The second-order valence-corrected chi connectivity index (χ2v) is 5.48. The lowest BCUT2D eigenvalue weighted by molar-refractivity contribution is 0.0798. The zero-order valence-corrected chi connectivity index (χ0v) is 14.2. The first-order chi connectivity index (χ1) is 9.52. The Balaban J connectivity index is 0.00000220. The number of pyridine rings is 1. The van der Waals surface area contributed by atoms with E-state index in [9.17, 15) is 9.59 Å². The third-order valence-corrected chi connectivity index (χ3v) is 3.57. The minimum Gasteiger partial charge on any atom is -0.340 e. The molecule has 0 aliphatic rings. The van der Waals surface area contributed by atoms with Gasteiger partial charge in [-0.15, -0.1) is 12.4 Å². The van der Waals surface area contributed by atoms with Gasteiger partial charge in [0.15, 0.2) is 0 Å². The quantitative estimate of drug-likeness (QED) is 0.860. The minimum absolute atomic E-state index is 0. The Kier molecular flexibility index (Phi) is 6.39. The number of hydrogen-bond donors (Lipinski definition) is 2. The smallest absolute Gasteiger partial charge is 0.254 e. The zero-order chi connectivity index (χ0) is 14.7. The van der Waals surface area contributed by atoms with Crippen LogP contribution in [0.15, 0.2) is 33.5 Å². The van der Waals surface area contributed by atoms with E-state index in [0.717, 1.165) is 9.86 Å². The largest absolute Gasteiger partial charge is 0.340 e. The summed E-state index contributed by atoms with van der Waals surface area (Å²) in [7, 11) is 3.56. The van der Waals surface area contributed by atoms with E-state index >= 15 is 0 Å². The molecule has 21 heavy (non-hydrogen) atoms. The molecule has 0 aliphatic heterocycles. The van der Waals surface area contributed by atoms with Crippen LogP contribution < -0.4 is 10.9 Å². The predicted octanol–water partition coefficient (Wildman–Crippen LogP) is 2.00. The Morgan fingerprint density at radius 1 is 1.38 bits per heavy atom. The van der Waals surface area contributed by atoms with Gasteiger partial charge in [0.25, 0.3) is 5.91 Å². The molecule has 2 aromatic rings. The maximum atomic E-state index is 12.5. The Morgan fingerprint density at radius 2 is 2.10 bits per heavy atom. The van der Waals surface area contributed by atoms with E-state index in [2.05, 4.69) is 26.2 Å². The zero-order valence-electron chi connectivity index (χ0n) is 11.8. The highest BCUT2D eigenvalue weighted by atomic mass is 79.9. The van der Waals surface area contributed by atoms with Crippen molar-refractivity contribution < 1.29 is 4.79 Å². The van der Waals surface area contributed by atoms with E-state index < -0.39 is 0 Å². The first-order valence-electron chi connectivity index (χ1n) is 6.25. The number of rotatable bonds is 4. The average molecular weight is 375 g/mol. The van der Waals surface area contributed by atoms with Crippen LogP contribution in [0.3, 0.4) is 0 Å². The summed E-state index contributed by atoms with van der Waals surface area (Å²) in [6.45, 7) is 1.28. The van der Waals surface area contributed by atoms with Gasteiger partial charge in [-0.3, -0.25) is 9.59 Å². The van der Waals surface area contributed by atoms with E-state index in [1.54, 1.807) is 18.0 Å². The molecule has 0 saturated heterocycles. The van der Waals surface area contributed by atoms with Crippen molar-refractivity contribution in [3.63, 3.8) is 0 Å². The van der Waals surface area contributed by atoms with Gasteiger partial charge in [-0.25, -0.2) is 0 Å². The van der Waals surface area contributed by atoms with Crippen LogP contribution in [0.1, 0.15) is 10.4 Å². The number of fused-ring (bicyclic) bond motifs is 1. The fourth-order valence-corrected chi connectivity index (χ4v) is 2.35. The van der Waals surface area contributed by atoms with Gasteiger partial charge in [-0.1, -0.05) is 15.9 Å². The van der Waals surface area contributed by atoms with Gasteiger partial charge in [-0.2, -0.15) is 0 Å². The van der Waals surface area contributed by atoms with Crippen molar-refractivity contribution in [2.45, 2.75) is 0 Å². The number of amides is 1. The van der Waals surface area contributed by atoms with Gasteiger partial charge >= 0.3 is 0 Å². The minimum atomic E-state index is -0.273. The first-order valence-corrected chi connectivity index (χ1v) is 7.05. The molecular weight excluding hydrogens is 358 g/mol. The van der Waals surface area contributed by atoms with Crippen molar-refractivity contribution in [3.05, 3.63) is 44.7 Å². The predicted molar refractivity (Wildman–Crippen MR) is 90.4 cm³/mol. The Bertz CT molecular complexity index is 702. The molecule has 114 valence electrons. The summed E-state index contributed by atoms with van der Waals surface area (Å²) < 4.78 is 0.865. The van der Waals surface area contributed by atoms with E-state index in [4.69, 9.17) is 0 Å². The van der Waals surface area contributed by atoms with Crippen LogP contribution in [-0.2, 0) is 0 Å². The van der Waals surface area contributed by atoms with E-state index in [1.165, 1.54) is 6.07 Å². The van der Waals surface area contributed by atoms with E-state index in [-0.39, 0.29) is 23.9 Å². The van der Waals surface area contributed by atoms with Crippen LogP contribution in [0.5, 0.6) is 0 Å². The number of likely N-dealkylation sites (N-methyl/N-ethyl adjacent to an activating group) is 2. The highest BCUT2D eigenvalue weighted by molar-refractivity contribution is 9.10.